The van der Waals surface area contributed by atoms with E-state index in [4.69, 9.17) is 9.47 Å². The molecule has 3 atom stereocenters. The second kappa shape index (κ2) is 7.97. The van der Waals surface area contributed by atoms with Gasteiger partial charge in [0.05, 0.1) is 13.7 Å². The monoisotopic (exact) mass is 325 g/mol. The van der Waals surface area contributed by atoms with E-state index in [2.05, 4.69) is 37.8 Å². The highest BCUT2D eigenvalue weighted by Gasteiger charge is 2.29. The predicted octanol–water partition coefficient (Wildman–Crippen LogP) is 2.83. The molecule has 1 saturated heterocycles. The SMILES string of the molecule is CCCOc1cc(CN2CCS(=O)C(C)C2C)ccc1OC. The standard InChI is InChI=1S/C17H27NO3S/c1-5-9-21-17-11-15(6-7-16(17)20-4)12-18-8-10-22(19)14(3)13(18)2/h6-7,11,13-14H,5,8-10,12H2,1-4H3. The van der Waals surface area contributed by atoms with Crippen molar-refractivity contribution in [3.8, 4) is 11.5 Å². The van der Waals surface area contributed by atoms with Crippen LogP contribution in [0.1, 0.15) is 32.8 Å². The van der Waals surface area contributed by atoms with Crippen molar-refractivity contribution in [1.82, 2.24) is 4.90 Å². The van der Waals surface area contributed by atoms with Gasteiger partial charge in [0.1, 0.15) is 0 Å². The molecule has 5 heteroatoms. The zero-order valence-corrected chi connectivity index (χ0v) is 14.8. The second-order valence-electron chi connectivity index (χ2n) is 5.83. The highest BCUT2D eigenvalue weighted by molar-refractivity contribution is 7.85. The Balaban J connectivity index is 2.10. The molecule has 1 fully saturated rings. The predicted molar refractivity (Wildman–Crippen MR) is 91.1 cm³/mol. The Bertz CT molecular complexity index is 521. The highest BCUT2D eigenvalue weighted by Crippen LogP contribution is 2.29. The summed E-state index contributed by atoms with van der Waals surface area (Å²) in [6.07, 6.45) is 0.972. The van der Waals surface area contributed by atoms with Crippen LogP contribution < -0.4 is 9.47 Å². The molecule has 124 valence electrons. The molecule has 0 saturated carbocycles. The van der Waals surface area contributed by atoms with E-state index in [1.165, 1.54) is 5.56 Å². The summed E-state index contributed by atoms with van der Waals surface area (Å²) >= 11 is 0. The first-order valence-electron chi connectivity index (χ1n) is 7.97. The minimum absolute atomic E-state index is 0.225. The molecule has 1 aromatic carbocycles. The van der Waals surface area contributed by atoms with Crippen molar-refractivity contribution in [3.63, 3.8) is 0 Å². The van der Waals surface area contributed by atoms with Crippen molar-refractivity contribution >= 4 is 10.8 Å². The van der Waals surface area contributed by atoms with Gasteiger partial charge < -0.3 is 9.47 Å². The lowest BCUT2D eigenvalue weighted by Crippen LogP contribution is -2.49. The van der Waals surface area contributed by atoms with Gasteiger partial charge in [-0.05, 0) is 38.0 Å². The van der Waals surface area contributed by atoms with Crippen LogP contribution in [0.2, 0.25) is 0 Å². The first kappa shape index (κ1) is 17.3. The number of hydrogen-bond acceptors (Lipinski definition) is 4. The molecular formula is C17H27NO3S. The van der Waals surface area contributed by atoms with Gasteiger partial charge in [-0.3, -0.25) is 9.11 Å². The van der Waals surface area contributed by atoms with Gasteiger partial charge in [0.15, 0.2) is 11.5 Å². The molecule has 3 unspecified atom stereocenters. The summed E-state index contributed by atoms with van der Waals surface area (Å²) < 4.78 is 23.0. The zero-order chi connectivity index (χ0) is 16.1. The average Bonchev–Trinajstić information content (AvgIpc) is 2.53. The van der Waals surface area contributed by atoms with Gasteiger partial charge in [-0.15, -0.1) is 0 Å². The van der Waals surface area contributed by atoms with Crippen LogP contribution in [0, 0.1) is 0 Å². The van der Waals surface area contributed by atoms with Crippen molar-refractivity contribution in [2.24, 2.45) is 0 Å². The molecule has 0 amide bonds. The van der Waals surface area contributed by atoms with Crippen LogP contribution in [-0.4, -0.2) is 46.4 Å². The van der Waals surface area contributed by atoms with E-state index in [9.17, 15) is 4.21 Å². The van der Waals surface area contributed by atoms with Crippen LogP contribution in [0.4, 0.5) is 0 Å². The topological polar surface area (TPSA) is 38.8 Å². The van der Waals surface area contributed by atoms with E-state index in [1.807, 2.05) is 6.07 Å². The summed E-state index contributed by atoms with van der Waals surface area (Å²) in [5.41, 5.74) is 1.21. The van der Waals surface area contributed by atoms with E-state index in [0.717, 1.165) is 36.8 Å². The fourth-order valence-corrected chi connectivity index (χ4v) is 4.11. The Hall–Kier alpha value is -1.07. The number of benzene rings is 1. The van der Waals surface area contributed by atoms with Crippen LogP contribution in [0.5, 0.6) is 11.5 Å². The van der Waals surface area contributed by atoms with Crippen molar-refractivity contribution in [1.29, 1.82) is 0 Å². The smallest absolute Gasteiger partial charge is 0.161 e. The van der Waals surface area contributed by atoms with Gasteiger partial charge in [-0.25, -0.2) is 0 Å². The molecule has 0 aliphatic carbocycles. The first-order chi connectivity index (χ1) is 10.6. The molecule has 0 bridgehead atoms. The summed E-state index contributed by atoms with van der Waals surface area (Å²) in [7, 11) is 0.970. The Morgan fingerprint density at radius 3 is 2.77 bits per heavy atom. The molecule has 1 aliphatic rings. The van der Waals surface area contributed by atoms with E-state index < -0.39 is 10.8 Å². The van der Waals surface area contributed by atoms with Gasteiger partial charge in [-0.1, -0.05) is 13.0 Å². The van der Waals surface area contributed by atoms with Crippen LogP contribution in [0.15, 0.2) is 18.2 Å². The van der Waals surface area contributed by atoms with Gasteiger partial charge in [0.25, 0.3) is 0 Å². The molecule has 0 N–H and O–H groups in total. The van der Waals surface area contributed by atoms with Crippen LogP contribution in [-0.2, 0) is 17.3 Å². The lowest BCUT2D eigenvalue weighted by atomic mass is 10.1. The molecule has 1 aliphatic heterocycles. The lowest BCUT2D eigenvalue weighted by molar-refractivity contribution is 0.200. The molecule has 0 spiro atoms. The number of nitrogens with zero attached hydrogens (tertiary/aromatic N) is 1. The van der Waals surface area contributed by atoms with Gasteiger partial charge in [0, 0.05) is 40.9 Å². The largest absolute Gasteiger partial charge is 0.493 e. The number of rotatable bonds is 6. The van der Waals surface area contributed by atoms with Crippen molar-refractivity contribution in [2.75, 3.05) is 26.0 Å². The Kier molecular flexibility index (Phi) is 6.26. The zero-order valence-electron chi connectivity index (χ0n) is 14.0. The third-order valence-corrected chi connectivity index (χ3v) is 6.13. The maximum atomic E-state index is 11.9. The normalized spacial score (nSPS) is 25.9. The molecule has 2 rings (SSSR count). The quantitative estimate of drug-likeness (QED) is 0.806. The lowest BCUT2D eigenvalue weighted by Gasteiger charge is -2.37. The number of methoxy groups -OCH3 is 1. The summed E-state index contributed by atoms with van der Waals surface area (Å²) in [4.78, 5) is 2.40. The average molecular weight is 325 g/mol. The Labute approximate surface area is 136 Å². The van der Waals surface area contributed by atoms with Crippen LogP contribution in [0.3, 0.4) is 0 Å². The first-order valence-corrected chi connectivity index (χ1v) is 9.36. The van der Waals surface area contributed by atoms with E-state index in [1.54, 1.807) is 7.11 Å². The third-order valence-electron chi connectivity index (χ3n) is 4.33. The number of hydrogen-bond donors (Lipinski definition) is 0. The van der Waals surface area contributed by atoms with Crippen molar-refractivity contribution < 1.29 is 13.7 Å². The molecule has 1 heterocycles. The second-order valence-corrected chi connectivity index (χ2v) is 7.75. The molecule has 0 aromatic heterocycles. The van der Waals surface area contributed by atoms with Gasteiger partial charge in [-0.2, -0.15) is 0 Å². The summed E-state index contributed by atoms with van der Waals surface area (Å²) in [5.74, 6) is 2.35. The van der Waals surface area contributed by atoms with E-state index in [-0.39, 0.29) is 5.25 Å². The van der Waals surface area contributed by atoms with Gasteiger partial charge in [0.2, 0.25) is 0 Å². The molecule has 22 heavy (non-hydrogen) atoms. The molecule has 1 aromatic rings. The van der Waals surface area contributed by atoms with Gasteiger partial charge >= 0.3 is 0 Å². The van der Waals surface area contributed by atoms with Crippen molar-refractivity contribution in [3.05, 3.63) is 23.8 Å². The minimum atomic E-state index is -0.694. The summed E-state index contributed by atoms with van der Waals surface area (Å²) in [6, 6.07) is 6.45. The summed E-state index contributed by atoms with van der Waals surface area (Å²) in [6.45, 7) is 8.77. The van der Waals surface area contributed by atoms with Crippen molar-refractivity contribution in [2.45, 2.75) is 45.0 Å². The molecule has 0 radical (unpaired) electrons. The fourth-order valence-electron chi connectivity index (χ4n) is 2.72. The minimum Gasteiger partial charge on any atom is -0.493 e. The maximum absolute atomic E-state index is 11.9. The third kappa shape index (κ3) is 4.02. The maximum Gasteiger partial charge on any atom is 0.161 e. The number of ether oxygens (including phenoxy) is 2. The van der Waals surface area contributed by atoms with Crippen LogP contribution in [0.25, 0.3) is 0 Å². The Morgan fingerprint density at radius 2 is 2.09 bits per heavy atom. The Morgan fingerprint density at radius 1 is 1.32 bits per heavy atom. The molecule has 4 nitrogen and oxygen atoms in total. The highest BCUT2D eigenvalue weighted by atomic mass is 32.2. The molecular weight excluding hydrogens is 298 g/mol. The van der Waals surface area contributed by atoms with E-state index >= 15 is 0 Å². The van der Waals surface area contributed by atoms with Crippen LogP contribution >= 0.6 is 0 Å². The summed E-state index contributed by atoms with van der Waals surface area (Å²) in [5, 5.41) is 0.225. The fraction of sp³-hybridized carbons (Fsp3) is 0.647. The van der Waals surface area contributed by atoms with E-state index in [0.29, 0.717) is 12.6 Å².